The molecule has 3 amide bonds. The molecule has 0 spiro atoms. The van der Waals surface area contributed by atoms with Crippen molar-refractivity contribution in [2.45, 2.75) is 60.5 Å². The van der Waals surface area contributed by atoms with Crippen molar-refractivity contribution in [3.8, 4) is 0 Å². The monoisotopic (exact) mass is 687 g/mol. The first kappa shape index (κ1) is 33.9. The Balaban J connectivity index is 1.31. The van der Waals surface area contributed by atoms with Gasteiger partial charge in [0.2, 0.25) is 5.91 Å². The number of sulfone groups is 1. The number of aliphatic hydroxyl groups is 2. The zero-order valence-electron chi connectivity index (χ0n) is 24.8. The van der Waals surface area contributed by atoms with Gasteiger partial charge in [0.25, 0.3) is 5.91 Å². The molecule has 3 aliphatic rings. The van der Waals surface area contributed by atoms with Crippen LogP contribution in [0.3, 0.4) is 0 Å². The second-order valence-electron chi connectivity index (χ2n) is 12.2. The van der Waals surface area contributed by atoms with Gasteiger partial charge < -0.3 is 25.6 Å². The molecule has 46 heavy (non-hydrogen) atoms. The molecule has 0 aromatic heterocycles. The Morgan fingerprint density at radius 3 is 2.39 bits per heavy atom. The second kappa shape index (κ2) is 12.7. The number of carbonyl (C=O) groups excluding carboxylic acids is 3. The van der Waals surface area contributed by atoms with Crippen LogP contribution in [0, 0.1) is 35.2 Å². The van der Waals surface area contributed by atoms with Crippen molar-refractivity contribution in [1.29, 1.82) is 0 Å². The van der Waals surface area contributed by atoms with Crippen LogP contribution >= 0.6 is 11.6 Å². The number of ether oxygens (including phenoxy) is 1. The number of methoxy groups -OCH3 is 1. The highest BCUT2D eigenvalue weighted by Gasteiger charge is 2.58. The van der Waals surface area contributed by atoms with E-state index < -0.39 is 80.0 Å². The molecule has 2 saturated carbocycles. The molecular formula is C30H33ClF3N3O8S. The molecule has 0 radical (unpaired) electrons. The summed E-state index contributed by atoms with van der Waals surface area (Å²) in [6.07, 6.45) is -1.14. The van der Waals surface area contributed by atoms with Gasteiger partial charge in [-0.3, -0.25) is 14.5 Å². The van der Waals surface area contributed by atoms with Gasteiger partial charge in [0, 0.05) is 36.3 Å². The molecule has 1 aliphatic heterocycles. The number of hydrogen-bond acceptors (Lipinski definition) is 8. The zero-order chi connectivity index (χ0) is 33.7. The van der Waals surface area contributed by atoms with E-state index in [0.717, 1.165) is 18.1 Å². The minimum atomic E-state index is -4.18. The number of β-amino-alcohol motifs (C(OH)–C–C–N with tert-alkyl or cyclic N) is 1. The number of likely N-dealkylation sites (tertiary alicyclic amines) is 1. The van der Waals surface area contributed by atoms with E-state index in [0.29, 0.717) is 18.6 Å². The maximum Gasteiger partial charge on any atom is 0.410 e. The third-order valence-electron chi connectivity index (χ3n) is 9.47. The number of benzene rings is 2. The summed E-state index contributed by atoms with van der Waals surface area (Å²) in [4.78, 5) is 38.7. The predicted molar refractivity (Wildman–Crippen MR) is 158 cm³/mol. The van der Waals surface area contributed by atoms with Gasteiger partial charge in [0.15, 0.2) is 27.3 Å². The molecule has 250 valence electrons. The van der Waals surface area contributed by atoms with E-state index in [2.05, 4.69) is 10.6 Å². The van der Waals surface area contributed by atoms with E-state index in [-0.39, 0.29) is 59.4 Å². The van der Waals surface area contributed by atoms with E-state index in [1.54, 1.807) is 0 Å². The van der Waals surface area contributed by atoms with Crippen molar-refractivity contribution < 1.29 is 50.9 Å². The highest BCUT2D eigenvalue weighted by atomic mass is 35.5. The summed E-state index contributed by atoms with van der Waals surface area (Å²) in [5.41, 5.74) is -2.01. The first-order valence-corrected chi connectivity index (χ1v) is 16.5. The molecule has 7 atom stereocenters. The molecule has 5 rings (SSSR count). The van der Waals surface area contributed by atoms with Crippen molar-refractivity contribution in [2.24, 2.45) is 17.8 Å². The maximum absolute atomic E-state index is 13.9. The SMILES string of the molecule is COC(=O)N1C[C@H](O)C[C@H]1C(=O)NC[C@@]1(O)C2C[C@@H](S(=O)(=O)c3cc(C(=O)Nc4cc(F)c(F)c(F)c4)ccc3Cl)CC1[C@@H](C)C2. The molecule has 11 nitrogen and oxygen atoms in total. The zero-order valence-corrected chi connectivity index (χ0v) is 26.4. The molecule has 2 aromatic rings. The number of nitrogens with zero attached hydrogens (tertiary/aromatic N) is 1. The largest absolute Gasteiger partial charge is 0.453 e. The molecular weight excluding hydrogens is 655 g/mol. The molecule has 2 unspecified atom stereocenters. The Bertz CT molecular complexity index is 1660. The van der Waals surface area contributed by atoms with Crippen molar-refractivity contribution in [1.82, 2.24) is 10.2 Å². The number of anilines is 1. The summed E-state index contributed by atoms with van der Waals surface area (Å²) in [5, 5.41) is 25.6. The lowest BCUT2D eigenvalue weighted by atomic mass is 9.73. The van der Waals surface area contributed by atoms with Gasteiger partial charge in [-0.1, -0.05) is 18.5 Å². The Morgan fingerprint density at radius 1 is 1.09 bits per heavy atom. The van der Waals surface area contributed by atoms with Crippen molar-refractivity contribution >= 4 is 45.0 Å². The summed E-state index contributed by atoms with van der Waals surface area (Å²) in [6, 6.07) is 3.66. The van der Waals surface area contributed by atoms with Crippen molar-refractivity contribution in [2.75, 3.05) is 25.5 Å². The average Bonchev–Trinajstić information content (AvgIpc) is 3.42. The number of fused-ring (bicyclic) bond motifs is 2. The molecule has 3 fully saturated rings. The van der Waals surface area contributed by atoms with Crippen LogP contribution in [0.15, 0.2) is 35.2 Å². The summed E-state index contributed by atoms with van der Waals surface area (Å²) in [7, 11) is -3.02. The number of carbonyl (C=O) groups is 3. The van der Waals surface area contributed by atoms with Gasteiger partial charge in [-0.15, -0.1) is 0 Å². The molecule has 1 heterocycles. The van der Waals surface area contributed by atoms with E-state index >= 15 is 0 Å². The summed E-state index contributed by atoms with van der Waals surface area (Å²) in [5.74, 6) is -7.40. The van der Waals surface area contributed by atoms with Gasteiger partial charge >= 0.3 is 6.09 Å². The van der Waals surface area contributed by atoms with Crippen LogP contribution < -0.4 is 10.6 Å². The highest BCUT2D eigenvalue weighted by molar-refractivity contribution is 7.92. The minimum Gasteiger partial charge on any atom is -0.453 e. The Morgan fingerprint density at radius 2 is 1.76 bits per heavy atom. The van der Waals surface area contributed by atoms with Crippen LogP contribution in [0.25, 0.3) is 0 Å². The fourth-order valence-electron chi connectivity index (χ4n) is 7.18. The average molecular weight is 688 g/mol. The fraction of sp³-hybridized carbons (Fsp3) is 0.500. The molecule has 4 N–H and O–H groups in total. The number of amides is 3. The third kappa shape index (κ3) is 6.17. The van der Waals surface area contributed by atoms with Crippen LogP contribution in [0.5, 0.6) is 0 Å². The molecule has 2 bridgehead atoms. The number of nitrogens with one attached hydrogen (secondary N) is 2. The Labute approximate surface area is 268 Å². The smallest absolute Gasteiger partial charge is 0.410 e. The van der Waals surface area contributed by atoms with Crippen LogP contribution in [-0.2, 0) is 19.4 Å². The second-order valence-corrected chi connectivity index (χ2v) is 14.8. The van der Waals surface area contributed by atoms with Gasteiger partial charge in [0.1, 0.15) is 6.04 Å². The predicted octanol–water partition coefficient (Wildman–Crippen LogP) is 3.27. The lowest BCUT2D eigenvalue weighted by Gasteiger charge is -2.43. The lowest BCUT2D eigenvalue weighted by molar-refractivity contribution is -0.128. The first-order chi connectivity index (χ1) is 21.6. The van der Waals surface area contributed by atoms with Crippen LogP contribution in [0.4, 0.5) is 23.7 Å². The molecule has 2 aromatic carbocycles. The highest BCUT2D eigenvalue weighted by Crippen LogP contribution is 2.54. The quantitative estimate of drug-likeness (QED) is 0.323. The number of halogens is 4. The molecule has 2 aliphatic carbocycles. The third-order valence-corrected chi connectivity index (χ3v) is 12.1. The van der Waals surface area contributed by atoms with Crippen molar-refractivity contribution in [3.05, 3.63) is 58.4 Å². The van der Waals surface area contributed by atoms with Crippen LogP contribution in [-0.4, -0.2) is 84.6 Å². The molecule has 1 saturated heterocycles. The van der Waals surface area contributed by atoms with E-state index in [1.165, 1.54) is 12.1 Å². The van der Waals surface area contributed by atoms with E-state index in [9.17, 15) is 46.2 Å². The van der Waals surface area contributed by atoms with Crippen LogP contribution in [0.1, 0.15) is 43.0 Å². The summed E-state index contributed by atoms with van der Waals surface area (Å²) < 4.78 is 73.1. The maximum atomic E-state index is 13.9. The van der Waals surface area contributed by atoms with Gasteiger partial charge in [-0.25, -0.2) is 26.4 Å². The first-order valence-electron chi connectivity index (χ1n) is 14.6. The summed E-state index contributed by atoms with van der Waals surface area (Å²) in [6.45, 7) is 1.62. The van der Waals surface area contributed by atoms with Crippen LogP contribution in [0.2, 0.25) is 5.02 Å². The van der Waals surface area contributed by atoms with Gasteiger partial charge in [-0.2, -0.15) is 0 Å². The molecule has 16 heteroatoms. The minimum absolute atomic E-state index is 0.00153. The normalized spacial score (nSPS) is 29.0. The van der Waals surface area contributed by atoms with E-state index in [4.69, 9.17) is 16.3 Å². The van der Waals surface area contributed by atoms with Crippen molar-refractivity contribution in [3.63, 3.8) is 0 Å². The van der Waals surface area contributed by atoms with E-state index in [1.807, 2.05) is 6.92 Å². The summed E-state index contributed by atoms with van der Waals surface area (Å²) >= 11 is 6.30. The number of aliphatic hydroxyl groups excluding tert-OH is 1. The fourth-order valence-corrected chi connectivity index (χ4v) is 9.55. The Hall–Kier alpha value is -3.40. The Kier molecular flexibility index (Phi) is 9.34. The lowest BCUT2D eigenvalue weighted by Crippen LogP contribution is -2.57. The standard InChI is InChI=1S/C30H33ClF3N3O8S/c1-14-5-16-7-19(11-20(14)30(16,42)13-35-28(40)24-10-18(38)12-37(24)29(41)45-2)46(43,44)25-6-15(3-4-21(25)31)27(39)36-17-8-22(32)26(34)23(33)9-17/h3-4,6,8-9,14,16,18-20,24,38,42H,5,7,10-13H2,1-2H3,(H,35,40)(H,36,39)/t14-,16?,18+,19+,20?,24-,30+/m0/s1. The number of rotatable bonds is 7. The van der Waals surface area contributed by atoms with Gasteiger partial charge in [0.05, 0.1) is 40.5 Å². The van der Waals surface area contributed by atoms with Gasteiger partial charge in [-0.05, 0) is 55.2 Å². The number of hydrogen-bond donors (Lipinski definition) is 4. The topological polar surface area (TPSA) is 162 Å².